The fourth-order valence-corrected chi connectivity index (χ4v) is 8.76. The fraction of sp³-hybridized carbons (Fsp3) is 0.889. The second kappa shape index (κ2) is 8.13. The van der Waals surface area contributed by atoms with Crippen LogP contribution in [-0.4, -0.2) is 16.8 Å². The van der Waals surface area contributed by atoms with E-state index >= 15 is 0 Å². The van der Waals surface area contributed by atoms with Gasteiger partial charge in [-0.2, -0.15) is 8.78 Å². The molecule has 0 radical (unpaired) electrons. The number of nitrogens with zero attached hydrogens (tertiary/aromatic N) is 1. The van der Waals surface area contributed by atoms with Gasteiger partial charge in [0.25, 0.3) is 5.92 Å². The Balaban J connectivity index is 1.54. The monoisotopic (exact) mass is 435 g/mol. The number of halogens is 2. The molecule has 4 rings (SSSR count). The number of hydrogen-bond acceptors (Lipinski definition) is 2. The van der Waals surface area contributed by atoms with Gasteiger partial charge in [0.15, 0.2) is 0 Å². The van der Waals surface area contributed by atoms with Gasteiger partial charge in [-0.15, -0.1) is 0 Å². The molecule has 2 nitrogen and oxygen atoms in total. The predicted molar refractivity (Wildman–Crippen MR) is 123 cm³/mol. The number of fused-ring (bicyclic) bond motifs is 5. The van der Waals surface area contributed by atoms with E-state index in [1.807, 2.05) is 0 Å². The molecule has 0 amide bonds. The minimum absolute atomic E-state index is 0.190. The number of allylic oxidation sites excluding steroid dienone is 2. The molecule has 3 saturated carbocycles. The van der Waals surface area contributed by atoms with Gasteiger partial charge < -0.3 is 5.21 Å². The highest BCUT2D eigenvalue weighted by molar-refractivity contribution is 6.01. The highest BCUT2D eigenvalue weighted by Crippen LogP contribution is 2.68. The largest absolute Gasteiger partial charge is 0.410 e. The zero-order chi connectivity index (χ0) is 22.6. The van der Waals surface area contributed by atoms with Crippen LogP contribution in [0.4, 0.5) is 8.78 Å². The molecule has 3 fully saturated rings. The molecule has 0 saturated heterocycles. The smallest absolute Gasteiger partial charge is 0.293 e. The van der Waals surface area contributed by atoms with Crippen LogP contribution in [0.2, 0.25) is 0 Å². The van der Waals surface area contributed by atoms with Gasteiger partial charge in [0.1, 0.15) is 5.71 Å². The van der Waals surface area contributed by atoms with Crippen molar-refractivity contribution in [2.24, 2.45) is 51.5 Å². The van der Waals surface area contributed by atoms with Crippen molar-refractivity contribution >= 4 is 5.71 Å². The van der Waals surface area contributed by atoms with Crippen molar-refractivity contribution in [3.63, 3.8) is 0 Å². The first kappa shape index (κ1) is 23.2. The van der Waals surface area contributed by atoms with Crippen LogP contribution in [0.25, 0.3) is 0 Å². The summed E-state index contributed by atoms with van der Waals surface area (Å²) >= 11 is 0. The number of alkyl halides is 2. The Morgan fingerprint density at radius 1 is 1.06 bits per heavy atom. The maximum absolute atomic E-state index is 14.8. The van der Waals surface area contributed by atoms with Crippen LogP contribution in [0.5, 0.6) is 0 Å². The van der Waals surface area contributed by atoms with Crippen molar-refractivity contribution in [2.75, 3.05) is 0 Å². The molecular formula is C27H43F2NO. The Morgan fingerprint density at radius 3 is 2.48 bits per heavy atom. The quantitative estimate of drug-likeness (QED) is 0.343. The molecule has 176 valence electrons. The molecule has 0 aromatic heterocycles. The van der Waals surface area contributed by atoms with E-state index in [1.165, 1.54) is 44.6 Å². The van der Waals surface area contributed by atoms with E-state index in [0.717, 1.165) is 42.6 Å². The third kappa shape index (κ3) is 3.78. The molecule has 0 bridgehead atoms. The average molecular weight is 436 g/mol. The number of oxime groups is 1. The summed E-state index contributed by atoms with van der Waals surface area (Å²) in [4.78, 5) is 0. The molecule has 0 aromatic carbocycles. The second-order valence-electron chi connectivity index (χ2n) is 12.4. The molecule has 0 spiro atoms. The van der Waals surface area contributed by atoms with Crippen molar-refractivity contribution in [3.05, 3.63) is 11.6 Å². The van der Waals surface area contributed by atoms with E-state index in [9.17, 15) is 8.78 Å². The van der Waals surface area contributed by atoms with Crippen LogP contribution >= 0.6 is 0 Å². The van der Waals surface area contributed by atoms with Crippen LogP contribution in [0.3, 0.4) is 0 Å². The summed E-state index contributed by atoms with van der Waals surface area (Å²) in [6.45, 7) is 11.7. The van der Waals surface area contributed by atoms with Crippen molar-refractivity contribution < 1.29 is 14.0 Å². The molecule has 0 heterocycles. The van der Waals surface area contributed by atoms with Crippen LogP contribution in [0, 0.1) is 46.3 Å². The molecule has 31 heavy (non-hydrogen) atoms. The average Bonchev–Trinajstić information content (AvgIpc) is 3.03. The third-order valence-electron chi connectivity index (χ3n) is 10.3. The number of hydrogen-bond donors (Lipinski definition) is 1. The predicted octanol–water partition coefficient (Wildman–Crippen LogP) is 8.10. The standard InChI is InChI=1S/C27H43F2NO/c1-17(2)7-6-8-18(3)21-11-12-22-20-10-9-19-15-24(30-31)27(28,29)16-26(19,5)23(20)13-14-25(21,22)4/h15,17-18,20-23,31H,6-14,16H2,1-5H3/b30-24-/t18-,20?,21-,22?,23?,25?,26?/m1/s1. The molecule has 0 aromatic rings. The molecule has 1 N–H and O–H groups in total. The summed E-state index contributed by atoms with van der Waals surface area (Å²) in [6, 6.07) is 0. The van der Waals surface area contributed by atoms with Crippen LogP contribution < -0.4 is 0 Å². The van der Waals surface area contributed by atoms with Gasteiger partial charge in [-0.1, -0.05) is 64.6 Å². The molecule has 0 aliphatic heterocycles. The van der Waals surface area contributed by atoms with E-state index < -0.39 is 17.0 Å². The SMILES string of the molecule is CC(C)CCC[C@@H](C)[C@H]1CCC2C3CCC4=C/C(=N/O)C(F)(F)CC4(C)C3CCC21C. The van der Waals surface area contributed by atoms with Gasteiger partial charge in [0.05, 0.1) is 0 Å². The lowest BCUT2D eigenvalue weighted by Gasteiger charge is -2.59. The van der Waals surface area contributed by atoms with Crippen molar-refractivity contribution in [3.8, 4) is 0 Å². The minimum Gasteiger partial charge on any atom is -0.410 e. The molecule has 4 aliphatic carbocycles. The summed E-state index contributed by atoms with van der Waals surface area (Å²) in [7, 11) is 0. The maximum atomic E-state index is 14.8. The normalized spacial score (nSPS) is 43.9. The molecule has 7 atom stereocenters. The summed E-state index contributed by atoms with van der Waals surface area (Å²) in [5.74, 6) is 0.898. The Morgan fingerprint density at radius 2 is 1.81 bits per heavy atom. The van der Waals surface area contributed by atoms with E-state index in [4.69, 9.17) is 5.21 Å². The first-order chi connectivity index (χ1) is 14.5. The summed E-state index contributed by atoms with van der Waals surface area (Å²) in [5.41, 5.74) is 0.594. The highest BCUT2D eigenvalue weighted by atomic mass is 19.3. The van der Waals surface area contributed by atoms with Crippen LogP contribution in [0.1, 0.15) is 98.8 Å². The van der Waals surface area contributed by atoms with Crippen LogP contribution in [-0.2, 0) is 0 Å². The van der Waals surface area contributed by atoms with Gasteiger partial charge in [0, 0.05) is 6.42 Å². The van der Waals surface area contributed by atoms with Crippen molar-refractivity contribution in [1.82, 2.24) is 0 Å². The summed E-state index contributed by atoms with van der Waals surface area (Å²) < 4.78 is 29.6. The van der Waals surface area contributed by atoms with Gasteiger partial charge >= 0.3 is 0 Å². The van der Waals surface area contributed by atoms with Gasteiger partial charge in [-0.3, -0.25) is 0 Å². The third-order valence-corrected chi connectivity index (χ3v) is 10.3. The van der Waals surface area contributed by atoms with Gasteiger partial charge in [0.2, 0.25) is 0 Å². The van der Waals surface area contributed by atoms with E-state index in [-0.39, 0.29) is 6.42 Å². The van der Waals surface area contributed by atoms with Gasteiger partial charge in [-0.25, -0.2) is 0 Å². The fourth-order valence-electron chi connectivity index (χ4n) is 8.76. The zero-order valence-electron chi connectivity index (χ0n) is 20.3. The first-order valence-corrected chi connectivity index (χ1v) is 12.8. The minimum atomic E-state index is -3.03. The molecule has 5 unspecified atom stereocenters. The van der Waals surface area contributed by atoms with Gasteiger partial charge in [-0.05, 0) is 90.9 Å². The lowest BCUT2D eigenvalue weighted by Crippen LogP contribution is -2.53. The molecule has 4 heteroatoms. The Kier molecular flexibility index (Phi) is 6.10. The Bertz CT molecular complexity index is 744. The zero-order valence-corrected chi connectivity index (χ0v) is 20.3. The first-order valence-electron chi connectivity index (χ1n) is 12.8. The Labute approximate surface area is 187 Å². The highest BCUT2D eigenvalue weighted by Gasteiger charge is 2.62. The van der Waals surface area contributed by atoms with Crippen molar-refractivity contribution in [2.45, 2.75) is 105 Å². The second-order valence-corrected chi connectivity index (χ2v) is 12.4. The summed E-state index contributed by atoms with van der Waals surface area (Å²) in [6.07, 6.45) is 12.2. The lowest BCUT2D eigenvalue weighted by molar-refractivity contribution is -0.0823. The molecular weight excluding hydrogens is 392 g/mol. The number of rotatable bonds is 5. The molecule has 4 aliphatic rings. The lowest BCUT2D eigenvalue weighted by atomic mass is 9.46. The topological polar surface area (TPSA) is 32.6 Å². The van der Waals surface area contributed by atoms with E-state index in [0.29, 0.717) is 23.2 Å². The van der Waals surface area contributed by atoms with E-state index in [1.54, 1.807) is 0 Å². The maximum Gasteiger partial charge on any atom is 0.293 e. The van der Waals surface area contributed by atoms with Crippen molar-refractivity contribution in [1.29, 1.82) is 0 Å². The Hall–Kier alpha value is -0.930. The van der Waals surface area contributed by atoms with E-state index in [2.05, 4.69) is 39.8 Å². The van der Waals surface area contributed by atoms with Crippen LogP contribution in [0.15, 0.2) is 16.8 Å². The summed E-state index contributed by atoms with van der Waals surface area (Å²) in [5, 5.41) is 12.1.